The van der Waals surface area contributed by atoms with E-state index in [0.29, 0.717) is 5.75 Å². The number of hydrogen-bond donors (Lipinski definition) is 2. The van der Waals surface area contributed by atoms with Gasteiger partial charge in [0.1, 0.15) is 0 Å². The maximum absolute atomic E-state index is 12.0. The van der Waals surface area contributed by atoms with E-state index in [0.717, 1.165) is 22.2 Å². The number of benzene rings is 1. The maximum Gasteiger partial charge on any atom is 0.248 e. The van der Waals surface area contributed by atoms with E-state index in [1.54, 1.807) is 11.8 Å². The van der Waals surface area contributed by atoms with Crippen molar-refractivity contribution in [1.29, 1.82) is 0 Å². The summed E-state index contributed by atoms with van der Waals surface area (Å²) in [5, 5.41) is 0. The average molecular weight is 383 g/mol. The zero-order chi connectivity index (χ0) is 16.1. The number of halogens is 1. The highest BCUT2D eigenvalue weighted by Gasteiger charge is 2.11. The maximum atomic E-state index is 12.0. The molecule has 120 valence electrons. The van der Waals surface area contributed by atoms with E-state index in [4.69, 9.17) is 0 Å². The Hall–Kier alpha value is -0.940. The van der Waals surface area contributed by atoms with Crippen molar-refractivity contribution < 1.29 is 4.79 Å². The molecule has 5 heteroatoms. The average Bonchev–Trinajstić information content (AvgIpc) is 2.49. The molecular formula is C17H23BrN2OS. The van der Waals surface area contributed by atoms with E-state index >= 15 is 0 Å². The number of hydrogen-bond acceptors (Lipinski definition) is 3. The zero-order valence-corrected chi connectivity index (χ0v) is 15.8. The summed E-state index contributed by atoms with van der Waals surface area (Å²) in [6.07, 6.45) is 4.61. The molecule has 0 atom stereocenters. The Morgan fingerprint density at radius 3 is 2.64 bits per heavy atom. The van der Waals surface area contributed by atoms with Crippen molar-refractivity contribution in [3.05, 3.63) is 39.0 Å². The van der Waals surface area contributed by atoms with Crippen LogP contribution in [-0.4, -0.2) is 11.7 Å². The van der Waals surface area contributed by atoms with Crippen LogP contribution < -0.4 is 10.9 Å². The first-order valence-electron chi connectivity index (χ1n) is 7.60. The fourth-order valence-corrected chi connectivity index (χ4v) is 3.82. The first kappa shape index (κ1) is 17.4. The van der Waals surface area contributed by atoms with Gasteiger partial charge >= 0.3 is 0 Å². The summed E-state index contributed by atoms with van der Waals surface area (Å²) in [5.41, 5.74) is 10.8. The Morgan fingerprint density at radius 1 is 1.18 bits per heavy atom. The summed E-state index contributed by atoms with van der Waals surface area (Å²) in [5.74, 6) is 0.428. The number of allylic oxidation sites excluding steroid dienone is 2. The predicted octanol–water partition coefficient (Wildman–Crippen LogP) is 4.63. The molecule has 0 saturated carbocycles. The van der Waals surface area contributed by atoms with E-state index in [2.05, 4.69) is 59.7 Å². The van der Waals surface area contributed by atoms with E-state index in [9.17, 15) is 4.79 Å². The van der Waals surface area contributed by atoms with E-state index in [-0.39, 0.29) is 5.91 Å². The van der Waals surface area contributed by atoms with Crippen LogP contribution in [0.25, 0.3) is 0 Å². The van der Waals surface area contributed by atoms with Gasteiger partial charge in [-0.15, -0.1) is 11.8 Å². The first-order valence-corrected chi connectivity index (χ1v) is 9.38. The molecule has 1 aliphatic rings. The molecule has 1 amide bonds. The minimum absolute atomic E-state index is 0.0100. The minimum atomic E-state index is 0.0100. The van der Waals surface area contributed by atoms with Gasteiger partial charge in [0, 0.05) is 15.1 Å². The second-order valence-electron chi connectivity index (χ2n) is 5.79. The Balaban J connectivity index is 1.84. The molecule has 1 aliphatic carbocycles. The summed E-state index contributed by atoms with van der Waals surface area (Å²) in [4.78, 5) is 13.2. The van der Waals surface area contributed by atoms with Crippen LogP contribution >= 0.6 is 27.7 Å². The number of carbonyl (C=O) groups excluding carboxylic acids is 1. The molecule has 0 aliphatic heterocycles. The van der Waals surface area contributed by atoms with Crippen molar-refractivity contribution >= 4 is 33.6 Å². The van der Waals surface area contributed by atoms with E-state index in [1.807, 2.05) is 0 Å². The number of hydrazine groups is 1. The van der Waals surface area contributed by atoms with Crippen molar-refractivity contribution in [1.82, 2.24) is 10.9 Å². The molecule has 0 fully saturated rings. The summed E-state index contributed by atoms with van der Waals surface area (Å²) >= 11 is 5.11. The quantitative estimate of drug-likeness (QED) is 0.576. The number of aryl methyl sites for hydroxylation is 2. The summed E-state index contributed by atoms with van der Waals surface area (Å²) in [6, 6.07) is 4.22. The molecular weight excluding hydrogens is 360 g/mol. The van der Waals surface area contributed by atoms with Crippen LogP contribution in [0.5, 0.6) is 0 Å². The van der Waals surface area contributed by atoms with Gasteiger partial charge in [-0.2, -0.15) is 0 Å². The van der Waals surface area contributed by atoms with Crippen LogP contribution in [0.15, 0.2) is 32.8 Å². The molecule has 0 spiro atoms. The van der Waals surface area contributed by atoms with Gasteiger partial charge in [0.25, 0.3) is 0 Å². The molecule has 1 aromatic rings. The van der Waals surface area contributed by atoms with Gasteiger partial charge in [-0.05, 0) is 69.7 Å². The van der Waals surface area contributed by atoms with Gasteiger partial charge in [-0.1, -0.05) is 21.5 Å². The van der Waals surface area contributed by atoms with Gasteiger partial charge in [0.15, 0.2) is 0 Å². The monoisotopic (exact) mass is 382 g/mol. The lowest BCUT2D eigenvalue weighted by Gasteiger charge is -2.19. The second kappa shape index (κ2) is 8.06. The number of amides is 1. The van der Waals surface area contributed by atoms with Crippen LogP contribution in [0.1, 0.15) is 43.7 Å². The number of thioether (sulfide) groups is 1. The summed E-state index contributed by atoms with van der Waals surface area (Å²) in [6.45, 7) is 6.27. The molecule has 2 rings (SSSR count). The topological polar surface area (TPSA) is 41.1 Å². The molecule has 3 nitrogen and oxygen atoms in total. The van der Waals surface area contributed by atoms with Crippen LogP contribution in [0.3, 0.4) is 0 Å². The van der Waals surface area contributed by atoms with Gasteiger partial charge < -0.3 is 5.43 Å². The lowest BCUT2D eigenvalue weighted by atomic mass is 9.98. The van der Waals surface area contributed by atoms with E-state index < -0.39 is 0 Å². The lowest BCUT2D eigenvalue weighted by Crippen LogP contribution is -2.38. The van der Waals surface area contributed by atoms with Gasteiger partial charge in [0.05, 0.1) is 5.75 Å². The third kappa shape index (κ3) is 4.78. The van der Waals surface area contributed by atoms with Crippen LogP contribution in [-0.2, 0) is 4.79 Å². The zero-order valence-electron chi connectivity index (χ0n) is 13.4. The lowest BCUT2D eigenvalue weighted by molar-refractivity contribution is -0.119. The number of nitrogens with one attached hydrogen (secondary N) is 2. The molecule has 0 heterocycles. The third-order valence-electron chi connectivity index (χ3n) is 3.91. The normalized spacial score (nSPS) is 14.9. The van der Waals surface area contributed by atoms with Crippen molar-refractivity contribution in [2.24, 2.45) is 0 Å². The van der Waals surface area contributed by atoms with Gasteiger partial charge in [0.2, 0.25) is 5.91 Å². The van der Waals surface area contributed by atoms with Gasteiger partial charge in [-0.25, -0.2) is 0 Å². The van der Waals surface area contributed by atoms with E-state index in [1.165, 1.54) is 35.2 Å². The molecule has 0 bridgehead atoms. The SMILES string of the molecule is CC1=C(NNC(=O)CSc2cc(C)c(Br)cc2C)CCCC1. The standard InChI is InChI=1S/C17H23BrN2OS/c1-11-6-4-5-7-15(11)19-20-17(21)10-22-16-9-12(2)14(18)8-13(16)3/h8-9,19H,4-7,10H2,1-3H3,(H,20,21). The molecule has 0 radical (unpaired) electrons. The Bertz CT molecular complexity index is 599. The first-order chi connectivity index (χ1) is 10.5. The smallest absolute Gasteiger partial charge is 0.248 e. The second-order valence-corrected chi connectivity index (χ2v) is 7.67. The molecule has 0 saturated heterocycles. The summed E-state index contributed by atoms with van der Waals surface area (Å²) in [7, 11) is 0. The number of carbonyl (C=O) groups is 1. The third-order valence-corrected chi connectivity index (χ3v) is 5.92. The molecule has 2 N–H and O–H groups in total. The molecule has 1 aromatic carbocycles. The predicted molar refractivity (Wildman–Crippen MR) is 96.8 cm³/mol. The Morgan fingerprint density at radius 2 is 1.91 bits per heavy atom. The van der Waals surface area contributed by atoms with Crippen LogP contribution in [0.2, 0.25) is 0 Å². The molecule has 0 unspecified atom stereocenters. The highest BCUT2D eigenvalue weighted by Crippen LogP contribution is 2.28. The van der Waals surface area contributed by atoms with Crippen molar-refractivity contribution in [2.45, 2.75) is 51.3 Å². The summed E-state index contributed by atoms with van der Waals surface area (Å²) < 4.78 is 1.11. The van der Waals surface area contributed by atoms with Crippen molar-refractivity contribution in [2.75, 3.05) is 5.75 Å². The van der Waals surface area contributed by atoms with Crippen molar-refractivity contribution in [3.8, 4) is 0 Å². The molecule has 0 aromatic heterocycles. The molecule has 22 heavy (non-hydrogen) atoms. The highest BCUT2D eigenvalue weighted by molar-refractivity contribution is 9.10. The minimum Gasteiger partial charge on any atom is -0.303 e. The largest absolute Gasteiger partial charge is 0.303 e. The fraction of sp³-hybridized carbons (Fsp3) is 0.471. The fourth-order valence-electron chi connectivity index (χ4n) is 2.46. The van der Waals surface area contributed by atoms with Crippen molar-refractivity contribution in [3.63, 3.8) is 0 Å². The highest BCUT2D eigenvalue weighted by atomic mass is 79.9. The number of rotatable bonds is 5. The van der Waals surface area contributed by atoms with Crippen LogP contribution in [0.4, 0.5) is 0 Å². The van der Waals surface area contributed by atoms with Crippen LogP contribution in [0, 0.1) is 13.8 Å². The Labute approximate surface area is 145 Å². The van der Waals surface area contributed by atoms with Gasteiger partial charge in [-0.3, -0.25) is 10.2 Å². The Kier molecular flexibility index (Phi) is 6.38.